The molecule has 5 heterocycles. The van der Waals surface area contributed by atoms with E-state index in [0.717, 1.165) is 59.2 Å². The number of carbonyl (C=O) groups excluding carboxylic acids is 1. The van der Waals surface area contributed by atoms with Crippen molar-refractivity contribution in [2.75, 3.05) is 24.3 Å². The second kappa shape index (κ2) is 9.70. The fourth-order valence-electron chi connectivity index (χ4n) is 5.30. The number of hydrogen-bond acceptors (Lipinski definition) is 3. The lowest BCUT2D eigenvalue weighted by atomic mass is 9.91. The molecule has 3 aromatic rings. The van der Waals surface area contributed by atoms with Gasteiger partial charge in [-0.05, 0) is 61.1 Å². The topological polar surface area (TPSA) is 71.0 Å². The summed E-state index contributed by atoms with van der Waals surface area (Å²) >= 11 is 5.66. The number of amides is 1. The molecule has 0 spiro atoms. The molecule has 0 unspecified atom stereocenters. The summed E-state index contributed by atoms with van der Waals surface area (Å²) in [5.41, 5.74) is 6.11. The lowest BCUT2D eigenvalue weighted by Crippen LogP contribution is -2.42. The molecule has 6 rings (SSSR count). The number of aromatic nitrogens is 4. The first-order valence-electron chi connectivity index (χ1n) is 12.8. The van der Waals surface area contributed by atoms with Crippen molar-refractivity contribution >= 4 is 42.2 Å². The normalized spacial score (nSPS) is 16.5. The van der Waals surface area contributed by atoms with Gasteiger partial charge in [0, 0.05) is 23.0 Å². The molecular formula is C27H29BClN7O+. The van der Waals surface area contributed by atoms with E-state index in [1.807, 2.05) is 35.1 Å². The molecule has 8 nitrogen and oxygen atoms in total. The van der Waals surface area contributed by atoms with Crippen LogP contribution in [-0.4, -0.2) is 67.1 Å². The molecule has 0 aliphatic carbocycles. The van der Waals surface area contributed by atoms with E-state index in [4.69, 9.17) is 11.6 Å². The standard InChI is InChI=1S/C27H28BClN7O/c1-18(2)15-21-17-34(32-31-21)26-12-10-23-27(19-5-7-20(8-6-19)30-24(37)16-29)22-9-11-25(33-13-3-4-14-33)35(22)28-36(23)26/h5-12,17-18H,3-4,13-16H2,1-2H3/p+1. The Bertz CT molecular complexity index is 1440. The molecular weight excluding hydrogens is 485 g/mol. The molecule has 37 heavy (non-hydrogen) atoms. The van der Waals surface area contributed by atoms with Crippen molar-refractivity contribution in [1.29, 1.82) is 0 Å². The van der Waals surface area contributed by atoms with E-state index >= 15 is 0 Å². The number of anilines is 1. The first-order chi connectivity index (χ1) is 18.0. The van der Waals surface area contributed by atoms with Gasteiger partial charge in [0.2, 0.25) is 5.91 Å². The Kier molecular flexibility index (Phi) is 6.24. The van der Waals surface area contributed by atoms with Crippen molar-refractivity contribution in [2.45, 2.75) is 33.1 Å². The van der Waals surface area contributed by atoms with Crippen LogP contribution in [0, 0.1) is 5.92 Å². The minimum atomic E-state index is -0.221. The predicted molar refractivity (Wildman–Crippen MR) is 146 cm³/mol. The van der Waals surface area contributed by atoms with Gasteiger partial charge in [-0.2, -0.15) is 0 Å². The molecule has 10 heteroatoms. The van der Waals surface area contributed by atoms with Gasteiger partial charge in [-0.3, -0.25) is 14.2 Å². The van der Waals surface area contributed by atoms with Gasteiger partial charge in [0.05, 0.1) is 25.0 Å². The number of nitrogens with one attached hydrogen (secondary N) is 1. The summed E-state index contributed by atoms with van der Waals surface area (Å²) in [6.45, 7) is 6.50. The number of benzene rings is 1. The predicted octanol–water partition coefficient (Wildman–Crippen LogP) is 3.68. The molecule has 2 aromatic heterocycles. The number of alkyl halides is 1. The number of fused-ring (bicyclic) bond motifs is 2. The van der Waals surface area contributed by atoms with Gasteiger partial charge in [0.15, 0.2) is 0 Å². The number of amidine groups is 1. The van der Waals surface area contributed by atoms with Crippen molar-refractivity contribution in [3.05, 3.63) is 77.4 Å². The van der Waals surface area contributed by atoms with E-state index in [0.29, 0.717) is 5.92 Å². The quantitative estimate of drug-likeness (QED) is 0.310. The SMILES string of the molecule is CC(C)Cc1cn(-c2ccc3n2[B]N2C(=C3c3ccc(NC(=O)CCl)cc3)C=CC2=[N+]2CCCC2)nn1. The minimum absolute atomic E-state index is 0.0702. The molecule has 0 atom stereocenters. The zero-order chi connectivity index (χ0) is 25.5. The Labute approximate surface area is 222 Å². The lowest BCUT2D eigenvalue weighted by Gasteiger charge is -2.26. The average molecular weight is 514 g/mol. The minimum Gasteiger partial charge on any atom is -0.329 e. The lowest BCUT2D eigenvalue weighted by molar-refractivity contribution is -0.508. The molecule has 3 aliphatic rings. The Morgan fingerprint density at radius 1 is 1.14 bits per heavy atom. The van der Waals surface area contributed by atoms with Crippen LogP contribution in [0.4, 0.5) is 5.69 Å². The molecule has 1 aromatic carbocycles. The molecule has 1 N–H and O–H groups in total. The van der Waals surface area contributed by atoms with Gasteiger partial charge < -0.3 is 9.79 Å². The van der Waals surface area contributed by atoms with Crippen LogP contribution in [0.1, 0.15) is 43.6 Å². The molecule has 3 aliphatic heterocycles. The summed E-state index contributed by atoms with van der Waals surface area (Å²) in [5.74, 6) is 2.36. The van der Waals surface area contributed by atoms with E-state index in [9.17, 15) is 4.79 Å². The number of nitrogens with zero attached hydrogens (tertiary/aromatic N) is 6. The maximum absolute atomic E-state index is 11.7. The van der Waals surface area contributed by atoms with Crippen LogP contribution >= 0.6 is 11.6 Å². The van der Waals surface area contributed by atoms with Gasteiger partial charge >= 0.3 is 7.55 Å². The van der Waals surface area contributed by atoms with Crippen molar-refractivity contribution < 1.29 is 9.37 Å². The van der Waals surface area contributed by atoms with Gasteiger partial charge in [0.1, 0.15) is 17.4 Å². The zero-order valence-corrected chi connectivity index (χ0v) is 21.8. The monoisotopic (exact) mass is 513 g/mol. The van der Waals surface area contributed by atoms with Crippen molar-refractivity contribution in [3.8, 4) is 5.82 Å². The van der Waals surface area contributed by atoms with Crippen molar-refractivity contribution in [2.24, 2.45) is 5.92 Å². The van der Waals surface area contributed by atoms with Crippen LogP contribution < -0.4 is 5.32 Å². The third kappa shape index (κ3) is 4.41. The third-order valence-electron chi connectivity index (χ3n) is 6.94. The number of halogens is 1. The summed E-state index contributed by atoms with van der Waals surface area (Å²) in [6.07, 6.45) is 9.76. The van der Waals surface area contributed by atoms with Crippen LogP contribution in [0.15, 0.2) is 60.4 Å². The Balaban J connectivity index is 1.44. The van der Waals surface area contributed by atoms with Crippen LogP contribution in [-0.2, 0) is 11.2 Å². The third-order valence-corrected chi connectivity index (χ3v) is 7.18. The number of hydrogen-bond donors (Lipinski definition) is 1. The van der Waals surface area contributed by atoms with Gasteiger partial charge in [0.25, 0.3) is 5.84 Å². The zero-order valence-electron chi connectivity index (χ0n) is 21.1. The van der Waals surface area contributed by atoms with Gasteiger partial charge in [-0.15, -0.1) is 16.7 Å². The average Bonchev–Trinajstić information content (AvgIpc) is 3.69. The van der Waals surface area contributed by atoms with E-state index in [1.165, 1.54) is 18.7 Å². The number of carbonyl (C=O) groups is 1. The number of allylic oxidation sites excluding steroid dienone is 1. The number of rotatable bonds is 6. The van der Waals surface area contributed by atoms with Crippen LogP contribution in [0.5, 0.6) is 0 Å². The second-order valence-electron chi connectivity index (χ2n) is 10.1. The fraction of sp³-hybridized carbons (Fsp3) is 0.333. The van der Waals surface area contributed by atoms with E-state index in [1.54, 1.807) is 0 Å². The summed E-state index contributed by atoms with van der Waals surface area (Å²) < 4.78 is 6.51. The Morgan fingerprint density at radius 2 is 1.92 bits per heavy atom. The highest BCUT2D eigenvalue weighted by molar-refractivity contribution is 6.40. The maximum Gasteiger partial charge on any atom is 0.553 e. The Hall–Kier alpha value is -3.59. The van der Waals surface area contributed by atoms with Crippen LogP contribution in [0.2, 0.25) is 0 Å². The van der Waals surface area contributed by atoms with E-state index in [-0.39, 0.29) is 11.8 Å². The second-order valence-corrected chi connectivity index (χ2v) is 10.4. The molecule has 0 saturated carbocycles. The largest absolute Gasteiger partial charge is 0.553 e. The summed E-state index contributed by atoms with van der Waals surface area (Å²) in [7, 11) is 2.16. The maximum atomic E-state index is 11.7. The molecule has 1 radical (unpaired) electrons. The van der Waals surface area contributed by atoms with Crippen LogP contribution in [0.3, 0.4) is 0 Å². The van der Waals surface area contributed by atoms with Crippen molar-refractivity contribution in [3.63, 3.8) is 0 Å². The smallest absolute Gasteiger partial charge is 0.329 e. The molecule has 187 valence electrons. The molecule has 0 bridgehead atoms. The summed E-state index contributed by atoms with van der Waals surface area (Å²) in [4.78, 5) is 14.0. The molecule has 1 fully saturated rings. The van der Waals surface area contributed by atoms with E-state index < -0.39 is 0 Å². The highest BCUT2D eigenvalue weighted by Crippen LogP contribution is 2.37. The van der Waals surface area contributed by atoms with Crippen molar-refractivity contribution in [1.82, 2.24) is 24.3 Å². The van der Waals surface area contributed by atoms with Gasteiger partial charge in [-0.1, -0.05) is 31.2 Å². The summed E-state index contributed by atoms with van der Waals surface area (Å²) in [5, 5.41) is 11.7. The summed E-state index contributed by atoms with van der Waals surface area (Å²) in [6, 6.07) is 12.2. The first kappa shape index (κ1) is 23.8. The van der Waals surface area contributed by atoms with E-state index in [2.05, 4.69) is 75.2 Å². The fourth-order valence-corrected chi connectivity index (χ4v) is 5.36. The Morgan fingerprint density at radius 3 is 2.65 bits per heavy atom. The molecule has 1 amide bonds. The molecule has 1 saturated heterocycles. The first-order valence-corrected chi connectivity index (χ1v) is 13.3. The highest BCUT2D eigenvalue weighted by Gasteiger charge is 2.40. The van der Waals surface area contributed by atoms with Crippen LogP contribution in [0.25, 0.3) is 11.4 Å². The highest BCUT2D eigenvalue weighted by atomic mass is 35.5. The van der Waals surface area contributed by atoms with Gasteiger partial charge in [-0.25, -0.2) is 4.68 Å².